The van der Waals surface area contributed by atoms with Gasteiger partial charge in [0.2, 0.25) is 5.91 Å². The molecule has 98 valence electrons. The molecule has 0 aliphatic rings. The second-order valence-electron chi connectivity index (χ2n) is 4.10. The van der Waals surface area contributed by atoms with E-state index in [1.807, 2.05) is 25.1 Å². The van der Waals surface area contributed by atoms with Crippen LogP contribution in [0.1, 0.15) is 20.3 Å². The molecule has 6 nitrogen and oxygen atoms in total. The quantitative estimate of drug-likeness (QED) is 0.276. The zero-order valence-electron chi connectivity index (χ0n) is 10.5. The molecule has 5 N–H and O–H groups in total. The highest BCUT2D eigenvalue weighted by Gasteiger charge is 2.05. The SMILES string of the molecule is CC(=O)Nc1cccc(NC(C)CC(N)=NO)c1. The summed E-state index contributed by atoms with van der Waals surface area (Å²) in [5.74, 6) is 0.0601. The van der Waals surface area contributed by atoms with E-state index in [1.165, 1.54) is 6.92 Å². The first-order chi connectivity index (χ1) is 8.51. The maximum atomic E-state index is 10.9. The standard InChI is InChI=1S/C12H18N4O2/c1-8(6-12(13)16-18)14-10-4-3-5-11(7-10)15-9(2)17/h3-5,7-8,14,18H,6H2,1-2H3,(H2,13,16)(H,15,17). The smallest absolute Gasteiger partial charge is 0.221 e. The van der Waals surface area contributed by atoms with Gasteiger partial charge in [0, 0.05) is 30.8 Å². The number of hydrogen-bond donors (Lipinski definition) is 4. The number of anilines is 2. The van der Waals surface area contributed by atoms with Gasteiger partial charge in [-0.1, -0.05) is 11.2 Å². The second-order valence-corrected chi connectivity index (χ2v) is 4.10. The first-order valence-corrected chi connectivity index (χ1v) is 5.62. The Kier molecular flexibility index (Phi) is 4.98. The van der Waals surface area contributed by atoms with Gasteiger partial charge in [-0.3, -0.25) is 4.79 Å². The number of nitrogens with one attached hydrogen (secondary N) is 2. The Morgan fingerprint density at radius 2 is 2.17 bits per heavy atom. The van der Waals surface area contributed by atoms with Crippen molar-refractivity contribution in [3.8, 4) is 0 Å². The number of carbonyl (C=O) groups is 1. The Balaban J connectivity index is 2.64. The monoisotopic (exact) mass is 250 g/mol. The summed E-state index contributed by atoms with van der Waals surface area (Å²) in [5.41, 5.74) is 7.01. The van der Waals surface area contributed by atoms with Crippen molar-refractivity contribution in [2.45, 2.75) is 26.3 Å². The molecule has 1 atom stereocenters. The number of nitrogens with two attached hydrogens (primary N) is 1. The van der Waals surface area contributed by atoms with Gasteiger partial charge in [-0.2, -0.15) is 0 Å². The molecule has 0 fully saturated rings. The fourth-order valence-corrected chi connectivity index (χ4v) is 1.58. The lowest BCUT2D eigenvalue weighted by molar-refractivity contribution is -0.114. The van der Waals surface area contributed by atoms with E-state index in [0.29, 0.717) is 6.42 Å². The summed E-state index contributed by atoms with van der Waals surface area (Å²) < 4.78 is 0. The van der Waals surface area contributed by atoms with Gasteiger partial charge in [0.25, 0.3) is 0 Å². The second kappa shape index (κ2) is 6.48. The van der Waals surface area contributed by atoms with Crippen molar-refractivity contribution in [2.75, 3.05) is 10.6 Å². The molecule has 0 aliphatic heterocycles. The summed E-state index contributed by atoms with van der Waals surface area (Å²) in [6, 6.07) is 7.37. The lowest BCUT2D eigenvalue weighted by atomic mass is 10.2. The minimum Gasteiger partial charge on any atom is -0.409 e. The minimum absolute atomic E-state index is 0.0217. The Bertz CT molecular complexity index is 445. The van der Waals surface area contributed by atoms with Crippen LogP contribution in [0.5, 0.6) is 0 Å². The molecular weight excluding hydrogens is 232 g/mol. The zero-order chi connectivity index (χ0) is 13.5. The molecule has 1 rings (SSSR count). The first kappa shape index (κ1) is 13.8. The molecular formula is C12H18N4O2. The molecule has 1 amide bonds. The Morgan fingerprint density at radius 1 is 1.50 bits per heavy atom. The number of benzene rings is 1. The van der Waals surface area contributed by atoms with Crippen LogP contribution in [0, 0.1) is 0 Å². The topological polar surface area (TPSA) is 99.7 Å². The molecule has 18 heavy (non-hydrogen) atoms. The van der Waals surface area contributed by atoms with Crippen LogP contribution in [0.15, 0.2) is 29.4 Å². The highest BCUT2D eigenvalue weighted by molar-refractivity contribution is 5.89. The lowest BCUT2D eigenvalue weighted by Gasteiger charge is -2.15. The Hall–Kier alpha value is -2.24. The fourth-order valence-electron chi connectivity index (χ4n) is 1.58. The summed E-state index contributed by atoms with van der Waals surface area (Å²) in [6.45, 7) is 3.38. The van der Waals surface area contributed by atoms with E-state index in [-0.39, 0.29) is 17.8 Å². The van der Waals surface area contributed by atoms with Gasteiger partial charge in [0.05, 0.1) is 0 Å². The predicted octanol–water partition coefficient (Wildman–Crippen LogP) is 1.58. The van der Waals surface area contributed by atoms with E-state index in [1.54, 1.807) is 6.07 Å². The first-order valence-electron chi connectivity index (χ1n) is 5.62. The maximum Gasteiger partial charge on any atom is 0.221 e. The van der Waals surface area contributed by atoms with Crippen molar-refractivity contribution >= 4 is 23.1 Å². The van der Waals surface area contributed by atoms with E-state index >= 15 is 0 Å². The maximum absolute atomic E-state index is 10.9. The molecule has 1 aromatic rings. The van der Waals surface area contributed by atoms with Crippen LogP contribution in [0.2, 0.25) is 0 Å². The van der Waals surface area contributed by atoms with Crippen molar-refractivity contribution in [2.24, 2.45) is 10.9 Å². The fraction of sp³-hybridized carbons (Fsp3) is 0.333. The van der Waals surface area contributed by atoms with Gasteiger partial charge in [-0.05, 0) is 25.1 Å². The third-order valence-electron chi connectivity index (χ3n) is 2.24. The molecule has 0 saturated carbocycles. The average molecular weight is 250 g/mol. The largest absolute Gasteiger partial charge is 0.409 e. The average Bonchev–Trinajstić information content (AvgIpc) is 2.28. The molecule has 0 bridgehead atoms. The number of nitrogens with zero attached hydrogens (tertiary/aromatic N) is 1. The number of hydrogen-bond acceptors (Lipinski definition) is 4. The number of carbonyl (C=O) groups excluding carboxylic acids is 1. The van der Waals surface area contributed by atoms with Crippen LogP contribution in [0.4, 0.5) is 11.4 Å². The van der Waals surface area contributed by atoms with Gasteiger partial charge < -0.3 is 21.6 Å². The van der Waals surface area contributed by atoms with Crippen LogP contribution >= 0.6 is 0 Å². The van der Waals surface area contributed by atoms with Gasteiger partial charge >= 0.3 is 0 Å². The summed E-state index contributed by atoms with van der Waals surface area (Å²) >= 11 is 0. The Morgan fingerprint density at radius 3 is 2.78 bits per heavy atom. The van der Waals surface area contributed by atoms with Crippen molar-refractivity contribution in [1.29, 1.82) is 0 Å². The van der Waals surface area contributed by atoms with Crippen molar-refractivity contribution in [3.05, 3.63) is 24.3 Å². The highest BCUT2D eigenvalue weighted by atomic mass is 16.4. The van der Waals surface area contributed by atoms with E-state index in [9.17, 15) is 4.79 Å². The van der Waals surface area contributed by atoms with Crippen molar-refractivity contribution < 1.29 is 10.0 Å². The number of rotatable bonds is 5. The van der Waals surface area contributed by atoms with Gasteiger partial charge in [-0.15, -0.1) is 0 Å². The molecule has 0 heterocycles. The number of oxime groups is 1. The molecule has 0 aliphatic carbocycles. The van der Waals surface area contributed by atoms with Crippen LogP contribution in [0.3, 0.4) is 0 Å². The van der Waals surface area contributed by atoms with Gasteiger partial charge in [-0.25, -0.2) is 0 Å². The minimum atomic E-state index is -0.114. The Labute approximate surface area is 106 Å². The lowest BCUT2D eigenvalue weighted by Crippen LogP contribution is -2.24. The molecule has 0 spiro atoms. The van der Waals surface area contributed by atoms with Crippen molar-refractivity contribution in [1.82, 2.24) is 0 Å². The summed E-state index contributed by atoms with van der Waals surface area (Å²) in [5, 5.41) is 17.3. The van der Waals surface area contributed by atoms with E-state index in [4.69, 9.17) is 10.9 Å². The van der Waals surface area contributed by atoms with E-state index in [0.717, 1.165) is 11.4 Å². The number of amidine groups is 1. The molecule has 0 saturated heterocycles. The third-order valence-corrected chi connectivity index (χ3v) is 2.24. The molecule has 0 radical (unpaired) electrons. The summed E-state index contributed by atoms with van der Waals surface area (Å²) in [4.78, 5) is 10.9. The van der Waals surface area contributed by atoms with E-state index < -0.39 is 0 Å². The van der Waals surface area contributed by atoms with E-state index in [2.05, 4.69) is 15.8 Å². The molecule has 0 aromatic heterocycles. The third kappa shape index (κ3) is 4.73. The van der Waals surface area contributed by atoms with Gasteiger partial charge in [0.15, 0.2) is 0 Å². The van der Waals surface area contributed by atoms with Crippen LogP contribution in [0.25, 0.3) is 0 Å². The van der Waals surface area contributed by atoms with Crippen LogP contribution in [-0.2, 0) is 4.79 Å². The molecule has 1 aromatic carbocycles. The molecule has 6 heteroatoms. The van der Waals surface area contributed by atoms with Crippen LogP contribution in [-0.4, -0.2) is 23.0 Å². The number of amides is 1. The zero-order valence-corrected chi connectivity index (χ0v) is 10.5. The predicted molar refractivity (Wildman–Crippen MR) is 71.9 cm³/mol. The van der Waals surface area contributed by atoms with Gasteiger partial charge in [0.1, 0.15) is 5.84 Å². The normalized spacial score (nSPS) is 12.9. The van der Waals surface area contributed by atoms with Crippen molar-refractivity contribution in [3.63, 3.8) is 0 Å². The highest BCUT2D eigenvalue weighted by Crippen LogP contribution is 2.16. The van der Waals surface area contributed by atoms with Crippen LogP contribution < -0.4 is 16.4 Å². The summed E-state index contributed by atoms with van der Waals surface area (Å²) in [6.07, 6.45) is 0.431. The molecule has 1 unspecified atom stereocenters. The summed E-state index contributed by atoms with van der Waals surface area (Å²) in [7, 11) is 0.